The molecule has 1 amide bonds. The zero-order valence-corrected chi connectivity index (χ0v) is 17.3. The third-order valence-corrected chi connectivity index (χ3v) is 5.01. The van der Waals surface area contributed by atoms with Gasteiger partial charge in [0.25, 0.3) is 5.91 Å². The van der Waals surface area contributed by atoms with Gasteiger partial charge < -0.3 is 19.3 Å². The van der Waals surface area contributed by atoms with E-state index in [1.807, 2.05) is 17.0 Å². The van der Waals surface area contributed by atoms with Gasteiger partial charge in [-0.15, -0.1) is 0 Å². The van der Waals surface area contributed by atoms with Gasteiger partial charge in [0.1, 0.15) is 0 Å². The first-order valence-corrected chi connectivity index (χ1v) is 9.90. The molecule has 1 heterocycles. The number of amides is 1. The highest BCUT2D eigenvalue weighted by atomic mass is 16.5. The first-order valence-electron chi connectivity index (χ1n) is 9.90. The molecule has 0 saturated carbocycles. The standard InChI is InChI=1S/C23H30N2O3/c1-17(2)16-28-21-10-9-19(15-22(21)27-4)23(26)25-13-11-24(12-14-25)20-8-6-5-7-18(20)3/h5-10,15,17H,11-14,16H2,1-4H3. The van der Waals surface area contributed by atoms with Gasteiger partial charge in [-0.05, 0) is 42.7 Å². The maximum absolute atomic E-state index is 13.0. The van der Waals surface area contributed by atoms with E-state index in [0.717, 1.165) is 13.1 Å². The van der Waals surface area contributed by atoms with Crippen LogP contribution in [0.4, 0.5) is 5.69 Å². The smallest absolute Gasteiger partial charge is 0.254 e. The Hall–Kier alpha value is -2.69. The molecule has 150 valence electrons. The zero-order chi connectivity index (χ0) is 20.1. The minimum absolute atomic E-state index is 0.0399. The number of carbonyl (C=O) groups is 1. The Morgan fingerprint density at radius 2 is 1.75 bits per heavy atom. The Morgan fingerprint density at radius 3 is 2.39 bits per heavy atom. The van der Waals surface area contributed by atoms with E-state index in [1.165, 1.54) is 11.3 Å². The maximum Gasteiger partial charge on any atom is 0.254 e. The third kappa shape index (κ3) is 4.58. The van der Waals surface area contributed by atoms with Gasteiger partial charge in [0, 0.05) is 37.4 Å². The Bertz CT molecular complexity index is 811. The molecule has 2 aromatic rings. The summed E-state index contributed by atoms with van der Waals surface area (Å²) in [5.41, 5.74) is 3.16. The molecule has 1 saturated heterocycles. The van der Waals surface area contributed by atoms with Crippen molar-refractivity contribution in [2.75, 3.05) is 44.8 Å². The largest absolute Gasteiger partial charge is 0.493 e. The molecule has 1 aliphatic heterocycles. The predicted octanol–water partition coefficient (Wildman–Crippen LogP) is 4.00. The van der Waals surface area contributed by atoms with Gasteiger partial charge in [0.15, 0.2) is 11.5 Å². The maximum atomic E-state index is 13.0. The van der Waals surface area contributed by atoms with Gasteiger partial charge in [0.05, 0.1) is 13.7 Å². The molecule has 1 aliphatic rings. The first-order chi connectivity index (χ1) is 13.5. The van der Waals surface area contributed by atoms with E-state index in [-0.39, 0.29) is 5.91 Å². The molecule has 0 bridgehead atoms. The lowest BCUT2D eigenvalue weighted by atomic mass is 10.1. The molecule has 2 aromatic carbocycles. The van der Waals surface area contributed by atoms with Crippen molar-refractivity contribution in [2.24, 2.45) is 5.92 Å². The molecule has 0 radical (unpaired) electrons. The molecule has 0 spiro atoms. The number of benzene rings is 2. The van der Waals surface area contributed by atoms with Crippen LogP contribution in [0.1, 0.15) is 29.8 Å². The summed E-state index contributed by atoms with van der Waals surface area (Å²) in [4.78, 5) is 17.2. The van der Waals surface area contributed by atoms with E-state index in [9.17, 15) is 4.79 Å². The second-order valence-corrected chi connectivity index (χ2v) is 7.64. The average Bonchev–Trinajstić information content (AvgIpc) is 2.72. The van der Waals surface area contributed by atoms with Crippen LogP contribution in [0.2, 0.25) is 0 Å². The number of hydrogen-bond donors (Lipinski definition) is 0. The summed E-state index contributed by atoms with van der Waals surface area (Å²) in [5.74, 6) is 1.75. The quantitative estimate of drug-likeness (QED) is 0.757. The van der Waals surface area contributed by atoms with Crippen LogP contribution in [-0.4, -0.2) is 50.7 Å². The van der Waals surface area contributed by atoms with Crippen LogP contribution in [-0.2, 0) is 0 Å². The minimum atomic E-state index is 0.0399. The molecule has 28 heavy (non-hydrogen) atoms. The summed E-state index contributed by atoms with van der Waals surface area (Å²) in [7, 11) is 1.60. The lowest BCUT2D eigenvalue weighted by molar-refractivity contribution is 0.0746. The Balaban J connectivity index is 1.65. The van der Waals surface area contributed by atoms with E-state index in [0.29, 0.717) is 42.7 Å². The van der Waals surface area contributed by atoms with Gasteiger partial charge in [-0.2, -0.15) is 0 Å². The molecule has 5 nitrogen and oxygen atoms in total. The van der Waals surface area contributed by atoms with Crippen molar-refractivity contribution in [3.8, 4) is 11.5 Å². The van der Waals surface area contributed by atoms with Crippen molar-refractivity contribution in [1.29, 1.82) is 0 Å². The van der Waals surface area contributed by atoms with E-state index in [1.54, 1.807) is 13.2 Å². The molecule has 5 heteroatoms. The molecule has 0 aliphatic carbocycles. The van der Waals surface area contributed by atoms with Crippen LogP contribution in [0.15, 0.2) is 42.5 Å². The topological polar surface area (TPSA) is 42.0 Å². The van der Waals surface area contributed by atoms with Crippen LogP contribution >= 0.6 is 0 Å². The normalized spacial score (nSPS) is 14.3. The summed E-state index contributed by atoms with van der Waals surface area (Å²) in [5, 5.41) is 0. The lowest BCUT2D eigenvalue weighted by Gasteiger charge is -2.36. The number of hydrogen-bond acceptors (Lipinski definition) is 4. The fourth-order valence-corrected chi connectivity index (χ4v) is 3.43. The molecule has 1 fully saturated rings. The van der Waals surface area contributed by atoms with E-state index >= 15 is 0 Å². The molecule has 0 atom stereocenters. The summed E-state index contributed by atoms with van der Waals surface area (Å²) in [6.45, 7) is 10.0. The van der Waals surface area contributed by atoms with Crippen LogP contribution in [0.25, 0.3) is 0 Å². The van der Waals surface area contributed by atoms with Crippen molar-refractivity contribution in [2.45, 2.75) is 20.8 Å². The second kappa shape index (κ2) is 9.00. The number of rotatable bonds is 6. The van der Waals surface area contributed by atoms with Gasteiger partial charge in [-0.1, -0.05) is 32.0 Å². The highest BCUT2D eigenvalue weighted by Gasteiger charge is 2.23. The number of anilines is 1. The summed E-state index contributed by atoms with van der Waals surface area (Å²) >= 11 is 0. The fraction of sp³-hybridized carbons (Fsp3) is 0.435. The van der Waals surface area contributed by atoms with Gasteiger partial charge >= 0.3 is 0 Å². The third-order valence-electron chi connectivity index (χ3n) is 5.01. The van der Waals surface area contributed by atoms with Crippen molar-refractivity contribution >= 4 is 11.6 Å². The molecular formula is C23H30N2O3. The molecule has 0 aromatic heterocycles. The summed E-state index contributed by atoms with van der Waals surface area (Å²) in [6.07, 6.45) is 0. The number of piperazine rings is 1. The number of methoxy groups -OCH3 is 1. The molecule has 0 unspecified atom stereocenters. The zero-order valence-electron chi connectivity index (χ0n) is 17.3. The van der Waals surface area contributed by atoms with E-state index < -0.39 is 0 Å². The van der Waals surface area contributed by atoms with E-state index in [2.05, 4.69) is 49.9 Å². The Labute approximate surface area is 167 Å². The number of carbonyl (C=O) groups excluding carboxylic acids is 1. The fourth-order valence-electron chi connectivity index (χ4n) is 3.43. The number of para-hydroxylation sites is 1. The van der Waals surface area contributed by atoms with Gasteiger partial charge in [-0.3, -0.25) is 4.79 Å². The van der Waals surface area contributed by atoms with Crippen LogP contribution in [0.5, 0.6) is 11.5 Å². The predicted molar refractivity (Wildman–Crippen MR) is 113 cm³/mol. The van der Waals surface area contributed by atoms with Crippen LogP contribution in [0, 0.1) is 12.8 Å². The number of aryl methyl sites for hydroxylation is 1. The summed E-state index contributed by atoms with van der Waals surface area (Å²) in [6, 6.07) is 13.8. The first kappa shape index (κ1) is 20.1. The van der Waals surface area contributed by atoms with Crippen molar-refractivity contribution < 1.29 is 14.3 Å². The Morgan fingerprint density at radius 1 is 1.04 bits per heavy atom. The lowest BCUT2D eigenvalue weighted by Crippen LogP contribution is -2.49. The SMILES string of the molecule is COc1cc(C(=O)N2CCN(c3ccccc3C)CC2)ccc1OCC(C)C. The highest BCUT2D eigenvalue weighted by molar-refractivity contribution is 5.95. The number of nitrogens with zero attached hydrogens (tertiary/aromatic N) is 2. The summed E-state index contributed by atoms with van der Waals surface area (Å²) < 4.78 is 11.2. The second-order valence-electron chi connectivity index (χ2n) is 7.64. The van der Waals surface area contributed by atoms with Crippen LogP contribution in [0.3, 0.4) is 0 Å². The molecule has 3 rings (SSSR count). The van der Waals surface area contributed by atoms with Crippen LogP contribution < -0.4 is 14.4 Å². The van der Waals surface area contributed by atoms with E-state index in [4.69, 9.17) is 9.47 Å². The van der Waals surface area contributed by atoms with Gasteiger partial charge in [-0.25, -0.2) is 0 Å². The molecule has 0 N–H and O–H groups in total. The van der Waals surface area contributed by atoms with Crippen molar-refractivity contribution in [3.05, 3.63) is 53.6 Å². The van der Waals surface area contributed by atoms with Crippen molar-refractivity contribution in [1.82, 2.24) is 4.90 Å². The Kier molecular flexibility index (Phi) is 6.45. The van der Waals surface area contributed by atoms with Gasteiger partial charge in [0.2, 0.25) is 0 Å². The average molecular weight is 383 g/mol. The molecular weight excluding hydrogens is 352 g/mol. The van der Waals surface area contributed by atoms with Crippen molar-refractivity contribution in [3.63, 3.8) is 0 Å². The minimum Gasteiger partial charge on any atom is -0.493 e. The number of ether oxygens (including phenoxy) is 2. The monoisotopic (exact) mass is 382 g/mol. The highest BCUT2D eigenvalue weighted by Crippen LogP contribution is 2.29.